The van der Waals surface area contributed by atoms with E-state index in [1.807, 2.05) is 0 Å². The van der Waals surface area contributed by atoms with E-state index in [0.29, 0.717) is 0 Å². The Morgan fingerprint density at radius 3 is 1.45 bits per heavy atom. The Morgan fingerprint density at radius 1 is 0.909 bits per heavy atom. The van der Waals surface area contributed by atoms with Gasteiger partial charge in [0.25, 0.3) is 0 Å². The van der Waals surface area contributed by atoms with Crippen molar-refractivity contribution >= 4 is 0 Å². The van der Waals surface area contributed by atoms with Crippen molar-refractivity contribution in [2.45, 2.75) is 24.3 Å². The first-order valence-electron chi connectivity index (χ1n) is 3.54. The topological polar surface area (TPSA) is 93.0 Å². The van der Waals surface area contributed by atoms with Gasteiger partial charge >= 0.3 is 0 Å². The van der Waals surface area contributed by atoms with Crippen LogP contribution in [0.25, 0.3) is 0 Å². The van der Waals surface area contributed by atoms with Crippen molar-refractivity contribution in [2.24, 2.45) is 0 Å². The van der Waals surface area contributed by atoms with Crippen LogP contribution in [0, 0.1) is 0 Å². The fourth-order valence-corrected chi connectivity index (χ4v) is 1.27. The number of aliphatic hydroxyl groups excluding tert-OH is 4. The van der Waals surface area contributed by atoms with Gasteiger partial charge in [-0.3, -0.25) is 0 Å². The molecule has 66 valence electrons. The molecule has 0 bridgehead atoms. The Bertz CT molecular complexity index is 114. The zero-order chi connectivity index (χ0) is 8.43. The molecular formula is C6H13NO4. The zero-order valence-corrected chi connectivity index (χ0v) is 6.01. The average Bonchev–Trinajstić information content (AvgIpc) is 2.30. The van der Waals surface area contributed by atoms with Gasteiger partial charge in [0.15, 0.2) is 0 Å². The minimum Gasteiger partial charge on any atom is -0.395 e. The summed E-state index contributed by atoms with van der Waals surface area (Å²) in [5.41, 5.74) is 0. The maximum atomic E-state index is 9.18. The van der Waals surface area contributed by atoms with Crippen LogP contribution < -0.4 is 5.32 Å². The Balaban J connectivity index is 2.53. The molecule has 0 spiro atoms. The van der Waals surface area contributed by atoms with Crippen molar-refractivity contribution in [3.8, 4) is 0 Å². The zero-order valence-electron chi connectivity index (χ0n) is 6.01. The molecule has 11 heavy (non-hydrogen) atoms. The molecule has 0 aromatic rings. The van der Waals surface area contributed by atoms with Crippen LogP contribution >= 0.6 is 0 Å². The highest BCUT2D eigenvalue weighted by molar-refractivity contribution is 4.97. The first-order chi connectivity index (χ1) is 5.20. The van der Waals surface area contributed by atoms with E-state index in [9.17, 15) is 10.2 Å². The molecule has 1 saturated heterocycles. The molecule has 1 aliphatic heterocycles. The molecule has 5 heteroatoms. The van der Waals surface area contributed by atoms with E-state index in [0.717, 1.165) is 0 Å². The van der Waals surface area contributed by atoms with E-state index in [1.54, 1.807) is 0 Å². The van der Waals surface area contributed by atoms with Crippen LogP contribution in [-0.2, 0) is 0 Å². The lowest BCUT2D eigenvalue weighted by Crippen LogP contribution is -2.37. The molecule has 0 radical (unpaired) electrons. The SMILES string of the molecule is OC[C@H]1N[C@H](CO)[C@H](O)[C@H]1O. The van der Waals surface area contributed by atoms with E-state index in [1.165, 1.54) is 0 Å². The van der Waals surface area contributed by atoms with Crippen LogP contribution in [0.2, 0.25) is 0 Å². The van der Waals surface area contributed by atoms with Crippen molar-refractivity contribution in [1.82, 2.24) is 5.32 Å². The molecule has 0 saturated carbocycles. The standard InChI is InChI=1S/C6H13NO4/c8-1-3-5(10)6(11)4(2-9)7-3/h3-11H,1-2H2/t3-,4-,5+,6+/m1/s1. The predicted octanol–water partition coefficient (Wildman–Crippen LogP) is -2.97. The highest BCUT2D eigenvalue weighted by Gasteiger charge is 2.39. The van der Waals surface area contributed by atoms with Crippen LogP contribution in [0.5, 0.6) is 0 Å². The lowest BCUT2D eigenvalue weighted by atomic mass is 10.1. The van der Waals surface area contributed by atoms with Crippen LogP contribution in [0.4, 0.5) is 0 Å². The Labute approximate surface area is 64.3 Å². The summed E-state index contributed by atoms with van der Waals surface area (Å²) in [4.78, 5) is 0. The summed E-state index contributed by atoms with van der Waals surface area (Å²) in [7, 11) is 0. The van der Waals surface area contributed by atoms with Gasteiger partial charge in [0.05, 0.1) is 37.5 Å². The van der Waals surface area contributed by atoms with E-state index in [2.05, 4.69) is 5.32 Å². The van der Waals surface area contributed by atoms with Crippen molar-refractivity contribution < 1.29 is 20.4 Å². The second-order valence-electron chi connectivity index (χ2n) is 2.73. The second-order valence-corrected chi connectivity index (χ2v) is 2.73. The Morgan fingerprint density at radius 2 is 1.27 bits per heavy atom. The van der Waals surface area contributed by atoms with Gasteiger partial charge in [0, 0.05) is 0 Å². The van der Waals surface area contributed by atoms with Crippen molar-refractivity contribution in [1.29, 1.82) is 0 Å². The van der Waals surface area contributed by atoms with E-state index < -0.39 is 24.3 Å². The highest BCUT2D eigenvalue weighted by atomic mass is 16.3. The van der Waals surface area contributed by atoms with Gasteiger partial charge in [-0.2, -0.15) is 0 Å². The Hall–Kier alpha value is -0.200. The van der Waals surface area contributed by atoms with E-state index in [4.69, 9.17) is 10.2 Å². The van der Waals surface area contributed by atoms with E-state index >= 15 is 0 Å². The maximum absolute atomic E-state index is 9.18. The van der Waals surface area contributed by atoms with E-state index in [-0.39, 0.29) is 13.2 Å². The van der Waals surface area contributed by atoms with Gasteiger partial charge in [0.2, 0.25) is 0 Å². The number of hydrogen-bond donors (Lipinski definition) is 5. The van der Waals surface area contributed by atoms with Gasteiger partial charge in [-0.25, -0.2) is 0 Å². The molecule has 0 aromatic heterocycles. The molecular weight excluding hydrogens is 150 g/mol. The lowest BCUT2D eigenvalue weighted by Gasteiger charge is -2.12. The number of hydrogen-bond acceptors (Lipinski definition) is 5. The third kappa shape index (κ3) is 1.52. The largest absolute Gasteiger partial charge is 0.395 e. The maximum Gasteiger partial charge on any atom is 0.0990 e. The van der Waals surface area contributed by atoms with Crippen LogP contribution in [0.3, 0.4) is 0 Å². The summed E-state index contributed by atoms with van der Waals surface area (Å²) in [5, 5.41) is 38.3. The predicted molar refractivity (Wildman–Crippen MR) is 36.9 cm³/mol. The summed E-state index contributed by atoms with van der Waals surface area (Å²) in [6.07, 6.45) is -1.98. The van der Waals surface area contributed by atoms with Crippen LogP contribution in [0.1, 0.15) is 0 Å². The van der Waals surface area contributed by atoms with Gasteiger partial charge in [0.1, 0.15) is 0 Å². The van der Waals surface area contributed by atoms with Crippen LogP contribution in [0.15, 0.2) is 0 Å². The molecule has 4 atom stereocenters. The fourth-order valence-electron chi connectivity index (χ4n) is 1.27. The average molecular weight is 163 g/mol. The summed E-state index contributed by atoms with van der Waals surface area (Å²) in [5.74, 6) is 0. The summed E-state index contributed by atoms with van der Waals surface area (Å²) >= 11 is 0. The quantitative estimate of drug-likeness (QED) is 0.300. The van der Waals surface area contributed by atoms with Crippen molar-refractivity contribution in [3.05, 3.63) is 0 Å². The molecule has 1 rings (SSSR count). The monoisotopic (exact) mass is 163 g/mol. The van der Waals surface area contributed by atoms with Gasteiger partial charge in [-0.15, -0.1) is 0 Å². The third-order valence-electron chi connectivity index (χ3n) is 2.00. The third-order valence-corrected chi connectivity index (χ3v) is 2.00. The van der Waals surface area contributed by atoms with Gasteiger partial charge < -0.3 is 25.7 Å². The smallest absolute Gasteiger partial charge is 0.0990 e. The first kappa shape index (κ1) is 8.89. The minimum absolute atomic E-state index is 0.241. The molecule has 0 unspecified atom stereocenters. The summed E-state index contributed by atoms with van der Waals surface area (Å²) < 4.78 is 0. The molecule has 0 aliphatic carbocycles. The normalized spacial score (nSPS) is 44.7. The number of rotatable bonds is 2. The van der Waals surface area contributed by atoms with Gasteiger partial charge in [-0.05, 0) is 0 Å². The van der Waals surface area contributed by atoms with Crippen molar-refractivity contribution in [3.63, 3.8) is 0 Å². The molecule has 0 amide bonds. The second kappa shape index (κ2) is 3.46. The molecule has 5 nitrogen and oxygen atoms in total. The number of nitrogens with one attached hydrogen (secondary N) is 1. The summed E-state index contributed by atoms with van der Waals surface area (Å²) in [6, 6.07) is -1.05. The highest BCUT2D eigenvalue weighted by Crippen LogP contribution is 2.13. The first-order valence-corrected chi connectivity index (χ1v) is 3.54. The number of aliphatic hydroxyl groups is 4. The molecule has 1 fully saturated rings. The molecule has 1 aliphatic rings. The Kier molecular flexibility index (Phi) is 2.80. The van der Waals surface area contributed by atoms with Crippen LogP contribution in [-0.4, -0.2) is 57.9 Å². The molecule has 1 heterocycles. The van der Waals surface area contributed by atoms with Gasteiger partial charge in [-0.1, -0.05) is 0 Å². The lowest BCUT2D eigenvalue weighted by molar-refractivity contribution is 0.0130. The molecule has 5 N–H and O–H groups in total. The van der Waals surface area contributed by atoms with Crippen molar-refractivity contribution in [2.75, 3.05) is 13.2 Å². The fraction of sp³-hybridized carbons (Fsp3) is 1.00. The summed E-state index contributed by atoms with van der Waals surface area (Å²) in [6.45, 7) is -0.483. The minimum atomic E-state index is -0.989. The molecule has 0 aromatic carbocycles.